The van der Waals surface area contributed by atoms with Gasteiger partial charge < -0.3 is 0 Å². The van der Waals surface area contributed by atoms with Gasteiger partial charge in [0.25, 0.3) is 0 Å². The summed E-state index contributed by atoms with van der Waals surface area (Å²) < 4.78 is 29.6. The van der Waals surface area contributed by atoms with Gasteiger partial charge in [-0.15, -0.1) is 0 Å². The van der Waals surface area contributed by atoms with Crippen molar-refractivity contribution < 1.29 is 13.6 Å². The number of halogens is 2. The molecular weight excluding hydrogens is 467 g/mol. The molecule has 2 aromatic carbocycles. The van der Waals surface area contributed by atoms with Gasteiger partial charge in [0.1, 0.15) is 0 Å². The van der Waals surface area contributed by atoms with Crippen LogP contribution in [0.5, 0.6) is 0 Å². The molecule has 102 valence electrons. The zero-order valence-electron chi connectivity index (χ0n) is 11.1. The minimum absolute atomic E-state index is 0.189. The number of aromatic nitrogens is 2. The third-order valence-electron chi connectivity index (χ3n) is 3.43. The Bertz CT molecular complexity index is 850. The molecule has 0 saturated carbocycles. The average molecular weight is 476 g/mol. The van der Waals surface area contributed by atoms with Gasteiger partial charge in [0, 0.05) is 0 Å². The number of carbonyl (C=O) groups is 1. The van der Waals surface area contributed by atoms with Gasteiger partial charge in [-0.3, -0.25) is 0 Å². The molecular formula is C15H9F2N2OTl. The summed E-state index contributed by atoms with van der Waals surface area (Å²) in [6.45, 7) is 1.88. The van der Waals surface area contributed by atoms with Crippen LogP contribution < -0.4 is 0 Å². The van der Waals surface area contributed by atoms with Gasteiger partial charge >= 0.3 is 136 Å². The molecule has 0 amide bonds. The molecule has 0 radical (unpaired) electrons. The van der Waals surface area contributed by atoms with Crippen molar-refractivity contribution in [2.75, 3.05) is 0 Å². The van der Waals surface area contributed by atoms with E-state index in [1.165, 1.54) is 12.1 Å². The van der Waals surface area contributed by atoms with Gasteiger partial charge in [0.15, 0.2) is 0 Å². The molecule has 1 heterocycles. The van der Waals surface area contributed by atoms with E-state index in [0.717, 1.165) is 16.6 Å². The Hall–Kier alpha value is -1.64. The van der Waals surface area contributed by atoms with Gasteiger partial charge in [-0.1, -0.05) is 0 Å². The number of fused-ring (bicyclic) bond motifs is 1. The molecule has 0 saturated heterocycles. The average Bonchev–Trinajstić information content (AvgIpc) is 2.78. The van der Waals surface area contributed by atoms with Crippen LogP contribution in [0.3, 0.4) is 0 Å². The fraction of sp³-hybridized carbons (Fsp3) is 0.0667. The zero-order chi connectivity index (χ0) is 15.1. The number of aryl methyl sites for hydroxylation is 1. The number of benzene rings is 2. The Kier molecular flexibility index (Phi) is 3.60. The molecule has 0 unspecified atom stereocenters. The third kappa shape index (κ3) is 2.39. The topological polar surface area (TPSA) is 34.9 Å². The number of imidazole rings is 1. The van der Waals surface area contributed by atoms with Crippen LogP contribution in [0.25, 0.3) is 22.2 Å². The number of carbonyl (C=O) groups excluding carboxylic acids is 1. The maximum absolute atomic E-state index is 13.8. The fourth-order valence-electron chi connectivity index (χ4n) is 2.34. The summed E-state index contributed by atoms with van der Waals surface area (Å²) in [5.41, 5.74) is 3.29. The number of hydrogen-bond acceptors (Lipinski definition) is 2. The predicted molar refractivity (Wildman–Crippen MR) is 76.4 cm³/mol. The molecule has 1 aromatic heterocycles. The Morgan fingerprint density at radius 3 is 2.48 bits per heavy atom. The second-order valence-electron chi connectivity index (χ2n) is 4.78. The van der Waals surface area contributed by atoms with Crippen LogP contribution in [0.2, 0.25) is 0 Å². The summed E-state index contributed by atoms with van der Waals surface area (Å²) in [6, 6.07) is 6.14. The van der Waals surface area contributed by atoms with E-state index >= 15 is 0 Å². The fourth-order valence-corrected chi connectivity index (χ4v) is 3.40. The molecule has 0 fully saturated rings. The quantitative estimate of drug-likeness (QED) is 0.422. The van der Waals surface area contributed by atoms with Crippen molar-refractivity contribution in [3.63, 3.8) is 0 Å². The van der Waals surface area contributed by atoms with Gasteiger partial charge in [-0.05, 0) is 0 Å². The molecule has 6 heteroatoms. The van der Waals surface area contributed by atoms with Crippen molar-refractivity contribution in [3.05, 3.63) is 53.4 Å². The van der Waals surface area contributed by atoms with Gasteiger partial charge in [0.2, 0.25) is 0 Å². The van der Waals surface area contributed by atoms with Crippen molar-refractivity contribution in [1.82, 2.24) is 7.36 Å². The number of hydrogen-bond donors (Lipinski definition) is 0. The van der Waals surface area contributed by atoms with Crippen LogP contribution in [0.4, 0.5) is 8.78 Å². The summed E-state index contributed by atoms with van der Waals surface area (Å²) >= 11 is 0.604. The van der Waals surface area contributed by atoms with Crippen molar-refractivity contribution in [2.45, 2.75) is 6.92 Å². The molecule has 0 aliphatic carbocycles. The molecule has 0 bridgehead atoms. The maximum atomic E-state index is 13.8. The monoisotopic (exact) mass is 476 g/mol. The molecule has 0 aliphatic heterocycles. The van der Waals surface area contributed by atoms with E-state index < -0.39 is 17.2 Å². The molecule has 0 atom stereocenters. The van der Waals surface area contributed by atoms with E-state index in [1.807, 2.05) is 21.4 Å². The molecule has 3 rings (SSSR count). The second kappa shape index (κ2) is 5.29. The molecule has 21 heavy (non-hydrogen) atoms. The minimum atomic E-state index is -0.852. The van der Waals surface area contributed by atoms with Gasteiger partial charge in [0.05, 0.1) is 0 Å². The number of nitrogens with zero attached hydrogens (tertiary/aromatic N) is 2. The zero-order valence-corrected chi connectivity index (χ0v) is 15.6. The Morgan fingerprint density at radius 1 is 1.19 bits per heavy atom. The van der Waals surface area contributed by atoms with E-state index in [1.54, 1.807) is 6.33 Å². The van der Waals surface area contributed by atoms with Crippen molar-refractivity contribution >= 4 is 43.4 Å². The van der Waals surface area contributed by atoms with E-state index in [0.29, 0.717) is 37.2 Å². The van der Waals surface area contributed by atoms with Crippen LogP contribution in [-0.2, 0) is 0 Å². The Balaban J connectivity index is 2.25. The van der Waals surface area contributed by atoms with Crippen LogP contribution in [0.1, 0.15) is 15.9 Å². The van der Waals surface area contributed by atoms with Gasteiger partial charge in [-0.25, -0.2) is 0 Å². The van der Waals surface area contributed by atoms with Crippen LogP contribution in [0.15, 0.2) is 30.6 Å². The first-order chi connectivity index (χ1) is 10.0. The molecule has 0 aliphatic rings. The Labute approximate surface area is 135 Å². The third-order valence-corrected chi connectivity index (χ3v) is 5.03. The summed E-state index contributed by atoms with van der Waals surface area (Å²) in [5, 5.41) is 0. The van der Waals surface area contributed by atoms with Crippen LogP contribution >= 0.6 is 0 Å². The van der Waals surface area contributed by atoms with Crippen molar-refractivity contribution in [3.8, 4) is 11.1 Å². The van der Waals surface area contributed by atoms with E-state index in [4.69, 9.17) is 0 Å². The SMILES string of the molecule is Cc1cc2c(cc1-c1cc(F)c(C=O)c(F)c1)nc[n]2[Tl]. The first-order valence-electron chi connectivity index (χ1n) is 6.18. The summed E-state index contributed by atoms with van der Waals surface area (Å²) in [6.07, 6.45) is 1.95. The molecule has 0 spiro atoms. The van der Waals surface area contributed by atoms with Crippen LogP contribution in [-0.4, -0.2) is 39.7 Å². The van der Waals surface area contributed by atoms with Crippen molar-refractivity contribution in [1.29, 1.82) is 0 Å². The van der Waals surface area contributed by atoms with Crippen molar-refractivity contribution in [2.24, 2.45) is 0 Å². The number of rotatable bonds is 2. The first kappa shape index (κ1) is 14.3. The van der Waals surface area contributed by atoms with E-state index in [-0.39, 0.29) is 6.29 Å². The van der Waals surface area contributed by atoms with Gasteiger partial charge in [-0.2, -0.15) is 0 Å². The standard InChI is InChI=1S/C15H10F2N2O.Tl/c1-8-2-14-15(19-7-18-14)5-10(8)9-3-12(16)11(6-20)13(17)4-9;/h2-7H,1H3,(H,18,19,20);/q;+1/p-1. The summed E-state index contributed by atoms with van der Waals surface area (Å²) in [5.74, 6) is -1.70. The van der Waals surface area contributed by atoms with E-state index in [2.05, 4.69) is 4.98 Å². The molecule has 0 N–H and O–H groups in total. The van der Waals surface area contributed by atoms with E-state index in [9.17, 15) is 13.6 Å². The summed E-state index contributed by atoms with van der Waals surface area (Å²) in [4.78, 5) is 14.9. The normalized spacial score (nSPS) is 11.0. The van der Waals surface area contributed by atoms with Crippen LogP contribution in [0, 0.1) is 18.6 Å². The molecule has 3 nitrogen and oxygen atoms in total. The predicted octanol–water partition coefficient (Wildman–Crippen LogP) is 3.03. The summed E-state index contributed by atoms with van der Waals surface area (Å²) in [7, 11) is 0. The second-order valence-corrected chi connectivity index (χ2v) is 6.94. The first-order valence-corrected chi connectivity index (χ1v) is 8.19. The number of aldehydes is 1. The molecule has 3 aromatic rings. The Morgan fingerprint density at radius 2 is 1.86 bits per heavy atom.